The Morgan fingerprint density at radius 1 is 0.467 bits per heavy atom. The zero-order valence-electron chi connectivity index (χ0n) is 65.5. The third-order valence-electron chi connectivity index (χ3n) is 17.6. The van der Waals surface area contributed by atoms with Crippen LogP contribution in [0, 0.1) is 13.9 Å². The van der Waals surface area contributed by atoms with Gasteiger partial charge in [-0.15, -0.1) is 0 Å². The van der Waals surface area contributed by atoms with Crippen molar-refractivity contribution in [3.8, 4) is 23.0 Å². The normalized spacial score (nSPS) is 36.1. The molecular formula is C65H62Cl4F4N8O31P4S4. The highest BCUT2D eigenvalue weighted by Crippen LogP contribution is 2.60. The number of aliphatic hydroxyl groups excluding tert-OH is 8. The van der Waals surface area contributed by atoms with E-state index in [1.807, 2.05) is 0 Å². The third-order valence-corrected chi connectivity index (χ3v) is 25.4. The van der Waals surface area contributed by atoms with Crippen molar-refractivity contribution in [1.29, 1.82) is 0 Å². The van der Waals surface area contributed by atoms with E-state index in [-0.39, 0.29) is 94.3 Å². The molecule has 12 heterocycles. The average molecular weight is 1930 g/mol. The van der Waals surface area contributed by atoms with Crippen LogP contribution < -0.4 is 40.5 Å². The molecule has 120 heavy (non-hydrogen) atoms. The van der Waals surface area contributed by atoms with E-state index >= 15 is 17.6 Å². The number of H-pyrrole nitrogens is 3. The molecule has 648 valence electrons. The Morgan fingerprint density at radius 2 is 0.767 bits per heavy atom. The molecule has 0 saturated carbocycles. The number of hydrogen-bond acceptors (Lipinski definition) is 36. The maximum Gasteiger partial charge on any atom is 0.530 e. The molecule has 7 aromatic rings. The molecule has 4 saturated heterocycles. The summed E-state index contributed by atoms with van der Waals surface area (Å²) in [6, 6.07) is 25.6. The standard InChI is InChI=1S/C17H17ClFN2O7PS.3C16H15ClFN2O8PS/c1-9-20-15(30)11(18)6-21(9)16-13(22)14(23)17(19,27-16)8-26-29(24)25-7-10-4-2-3-5-12(10)28-29;3*17-9-5-20(15(23)19-13(9)30)14-11(21)12(22)16(18,27-14)7-26-29(24)25-6-8-3-1-2-4-10(8)28-29/h2-6,13-14,16,22-23H,1,7-8H2,(H,20,30);3*1-5,11-12,14,21-22H,6-7H2,(H,19,23,30)/t13-,14+,16-,17-,29?;3*11-,12+,14-,16-,29?/m1111/s1/i8D2,16D;14D;7D2;. The topological polar surface area (TPSA) is 506 Å². The number of benzene rings is 4. The van der Waals surface area contributed by atoms with Crippen LogP contribution in [0.3, 0.4) is 0 Å². The highest BCUT2D eigenvalue weighted by Gasteiger charge is 2.62. The van der Waals surface area contributed by atoms with Gasteiger partial charge in [0.15, 0.2) is 24.9 Å². The minimum Gasteiger partial charge on any atom is -0.404 e. The van der Waals surface area contributed by atoms with E-state index in [2.05, 4.69) is 26.8 Å². The molecule has 4 unspecified atom stereocenters. The smallest absolute Gasteiger partial charge is 0.404 e. The van der Waals surface area contributed by atoms with Gasteiger partial charge in [0, 0.05) is 47.0 Å². The number of thiocarbonyl (C=S) groups is 1. The van der Waals surface area contributed by atoms with E-state index in [4.69, 9.17) is 177 Å². The zero-order chi connectivity index (χ0) is 92.2. The minimum absolute atomic E-state index is 0.0182. The lowest BCUT2D eigenvalue weighted by molar-refractivity contribution is -0.207. The largest absolute Gasteiger partial charge is 0.530 e. The lowest BCUT2D eigenvalue weighted by Gasteiger charge is -2.34. The second kappa shape index (κ2) is 35.9. The van der Waals surface area contributed by atoms with Crippen LogP contribution >= 0.6 is 127 Å². The molecule has 3 aromatic heterocycles. The number of alkyl halides is 4. The molecule has 9 aliphatic heterocycles. The van der Waals surface area contributed by atoms with Crippen molar-refractivity contribution in [3.63, 3.8) is 0 Å². The van der Waals surface area contributed by atoms with Gasteiger partial charge in [-0.3, -0.25) is 64.8 Å². The summed E-state index contributed by atoms with van der Waals surface area (Å²) in [7, 11) is -18.0. The molecule has 20 atom stereocenters. The van der Waals surface area contributed by atoms with Gasteiger partial charge in [-0.25, -0.2) is 50.2 Å². The number of para-hydroxylation sites is 4. The highest BCUT2D eigenvalue weighted by atomic mass is 35.5. The first-order valence-electron chi connectivity index (χ1n) is 36.6. The van der Waals surface area contributed by atoms with Gasteiger partial charge in [0.1, 0.15) is 123 Å². The van der Waals surface area contributed by atoms with Crippen molar-refractivity contribution in [2.75, 3.05) is 26.3 Å². The van der Waals surface area contributed by atoms with Gasteiger partial charge in [-0.1, -0.05) is 175 Å². The van der Waals surface area contributed by atoms with Crippen molar-refractivity contribution in [2.45, 2.75) is 124 Å². The number of hydrogen-bond donors (Lipinski definition) is 12. The van der Waals surface area contributed by atoms with Crippen LogP contribution in [0.4, 0.5) is 17.6 Å². The number of nitrogens with one attached hydrogen (secondary N) is 4. The van der Waals surface area contributed by atoms with Crippen LogP contribution in [0.2, 0.25) is 15.1 Å². The van der Waals surface area contributed by atoms with E-state index in [9.17, 15) is 73.5 Å². The molecule has 4 aromatic carbocycles. The quantitative estimate of drug-likeness (QED) is 0.0244. The summed E-state index contributed by atoms with van der Waals surface area (Å²) >= 11 is 42.8. The lowest BCUT2D eigenvalue weighted by Crippen LogP contribution is -2.47. The molecule has 55 heteroatoms. The summed E-state index contributed by atoms with van der Waals surface area (Å²) in [4.78, 5) is 43.6. The van der Waals surface area contributed by atoms with Gasteiger partial charge in [-0.2, -0.15) is 0 Å². The Labute approximate surface area is 719 Å². The maximum atomic E-state index is 15.9. The van der Waals surface area contributed by atoms with Crippen molar-refractivity contribution in [2.24, 2.45) is 0 Å². The number of aromatic nitrogens is 6. The van der Waals surface area contributed by atoms with Gasteiger partial charge >= 0.3 is 48.4 Å². The van der Waals surface area contributed by atoms with Crippen molar-refractivity contribution in [1.82, 2.24) is 38.9 Å². The third kappa shape index (κ3) is 19.3. The molecule has 12 N–H and O–H groups in total. The summed E-state index contributed by atoms with van der Waals surface area (Å²) in [5.41, 5.74) is -0.708. The van der Waals surface area contributed by atoms with Crippen LogP contribution in [0.15, 0.2) is 154 Å². The fourth-order valence-electron chi connectivity index (χ4n) is 11.4. The van der Waals surface area contributed by atoms with E-state index in [1.54, 1.807) is 72.8 Å². The number of phosphoric acid groups is 4. The number of fused-ring (bicyclic) bond motifs is 4. The Morgan fingerprint density at radius 3 is 1.17 bits per heavy atom. The highest BCUT2D eigenvalue weighted by molar-refractivity contribution is 7.81. The number of aliphatic hydroxyl groups is 8. The second-order valence-electron chi connectivity index (χ2n) is 25.7. The number of nitrogens with zero attached hydrogens (tertiary/aromatic N) is 4. The van der Waals surface area contributed by atoms with Crippen LogP contribution in [0.5, 0.6) is 23.0 Å². The lowest BCUT2D eigenvalue weighted by atomic mass is 10.1. The Kier molecular flexibility index (Phi) is 24.9. The number of halogens is 8. The molecule has 16 rings (SSSR count). The van der Waals surface area contributed by atoms with Crippen LogP contribution in [0.25, 0.3) is 0 Å². The first kappa shape index (κ1) is 83.1. The monoisotopic (exact) mass is 1920 g/mol. The Hall–Kier alpha value is -6.45. The molecule has 9 aliphatic rings. The summed E-state index contributed by atoms with van der Waals surface area (Å²) in [5, 5.41) is 84.2. The summed E-state index contributed by atoms with van der Waals surface area (Å²) in [6.45, 7) is -7.05. The molecule has 0 radical (unpaired) electrons. The Balaban J connectivity index is 0.000000144. The van der Waals surface area contributed by atoms with Crippen molar-refractivity contribution in [3.05, 3.63) is 222 Å². The van der Waals surface area contributed by atoms with Crippen LogP contribution in [-0.2, 0) is 99.8 Å². The minimum atomic E-state index is -4.76. The molecule has 0 aliphatic carbocycles. The fraction of sp³-hybridized carbons (Fsp3) is 0.369. The van der Waals surface area contributed by atoms with E-state index in [0.717, 1.165) is 29.4 Å². The summed E-state index contributed by atoms with van der Waals surface area (Å²) < 4.78 is 243. The number of rotatable bonds is 16. The van der Waals surface area contributed by atoms with E-state index in [1.165, 1.54) is 24.3 Å². The van der Waals surface area contributed by atoms with Crippen molar-refractivity contribution < 1.29 is 158 Å². The SMILES string of the molecule is O=c1[nH]c(=S)c(Cl)cn1[C@@H]1O[C@](F)(COP2(=O)OCc3ccccc3O2)[C@@H](O)[C@H]1O.[2H]C([2H])(OP1(=O)OCc2ccccc2O1)[C@@]1(F)O[C@@H](n2cc(Cl)c(=S)[nH]c2=O)[C@H](O)[C@@H]1O.[2H]C([2H])(OP1(=O)OCc2ccccc2O1)[C@@]1(F)O[C@@]([2H])(N2C=C(Cl)C(=S)NC2=C)[C@H](O)[C@@H]1O.[2H][C@@]1(n2cc(Cl)c(=S)[nH]c2=O)O[C@](F)(COP2(=O)OCc3ccccc3O2)[C@@H](O)[C@H]1O. The van der Waals surface area contributed by atoms with E-state index < -0.39 is 172 Å². The van der Waals surface area contributed by atoms with E-state index in [0.29, 0.717) is 36.3 Å². The molecule has 4 fully saturated rings. The predicted octanol–water partition coefficient (Wildman–Crippen LogP) is 8.88. The average Bonchev–Trinajstić information content (AvgIpc) is 1.57. The maximum absolute atomic E-state index is 15.9. The predicted molar refractivity (Wildman–Crippen MR) is 414 cm³/mol. The van der Waals surface area contributed by atoms with Gasteiger partial charge in [0.25, 0.3) is 23.4 Å². The van der Waals surface area contributed by atoms with Crippen molar-refractivity contribution >= 4 is 132 Å². The number of ether oxygens (including phenoxy) is 4. The first-order valence-corrected chi connectivity index (χ1v) is 42.6. The zero-order valence-corrected chi connectivity index (χ0v) is 69.3. The number of aromatic amines is 3. The van der Waals surface area contributed by atoms with Gasteiger partial charge in [0.2, 0.25) is 0 Å². The molecule has 0 spiro atoms. The first-order chi connectivity index (χ1) is 58.7. The van der Waals surface area contributed by atoms with Gasteiger partial charge in [0.05, 0.1) is 54.8 Å². The summed E-state index contributed by atoms with van der Waals surface area (Å²) in [6.07, 6.45) is -24.1. The van der Waals surface area contributed by atoms with Gasteiger partial charge in [-0.05, 0) is 24.3 Å². The number of phosphoric ester groups is 4. The van der Waals surface area contributed by atoms with Gasteiger partial charge < -0.3 is 88.1 Å². The van der Waals surface area contributed by atoms with Crippen LogP contribution in [0.1, 0.15) is 49.1 Å². The molecular weight excluding hydrogens is 1860 g/mol. The fourth-order valence-corrected chi connectivity index (χ4v) is 17.2. The second-order valence-corrected chi connectivity index (χ2v) is 35.1. The molecule has 39 nitrogen and oxygen atoms in total. The molecule has 0 amide bonds. The molecule has 0 bridgehead atoms. The summed E-state index contributed by atoms with van der Waals surface area (Å²) in [5.74, 6) is -13.6. The van der Waals surface area contributed by atoms with Crippen LogP contribution in [-0.4, -0.2) is 184 Å². The Bertz CT molecular complexity index is 6130.